The molecule has 2 aromatic carbocycles. The molecular weight excluding hydrogens is 312 g/mol. The number of azo groups is 1. The normalized spacial score (nSPS) is 11.4. The highest BCUT2D eigenvalue weighted by Crippen LogP contribution is 2.34. The zero-order valence-corrected chi connectivity index (χ0v) is 13.7. The Morgan fingerprint density at radius 3 is 2.56 bits per heavy atom. The van der Waals surface area contributed by atoms with Crippen molar-refractivity contribution in [2.24, 2.45) is 10.2 Å². The van der Waals surface area contributed by atoms with Crippen LogP contribution in [-0.4, -0.2) is 14.5 Å². The topological polar surface area (TPSA) is 62.2 Å². The van der Waals surface area contributed by atoms with Crippen LogP contribution in [0.5, 0.6) is 5.75 Å². The zero-order chi connectivity index (χ0) is 17.2. The lowest BCUT2D eigenvalue weighted by Gasteiger charge is -2.01. The van der Waals surface area contributed by atoms with E-state index in [1.54, 1.807) is 12.1 Å². The van der Waals surface area contributed by atoms with Crippen LogP contribution in [0.4, 0.5) is 11.5 Å². The van der Waals surface area contributed by atoms with E-state index in [9.17, 15) is 5.11 Å². The summed E-state index contributed by atoms with van der Waals surface area (Å²) in [5.74, 6) is 0.729. The Bertz CT molecular complexity index is 1070. The molecule has 0 radical (unpaired) electrons. The summed E-state index contributed by atoms with van der Waals surface area (Å²) < 4.78 is 1.89. The van der Waals surface area contributed by atoms with E-state index in [1.165, 1.54) is 0 Å². The summed E-state index contributed by atoms with van der Waals surface area (Å²) in [5, 5.41) is 18.7. The van der Waals surface area contributed by atoms with E-state index >= 15 is 0 Å². The fourth-order valence-corrected chi connectivity index (χ4v) is 2.68. The molecule has 0 amide bonds. The predicted octanol–water partition coefficient (Wildman–Crippen LogP) is 5.43. The smallest absolute Gasteiger partial charge is 0.187 e. The largest absolute Gasteiger partial charge is 0.506 e. The molecule has 4 rings (SSSR count). The highest BCUT2D eigenvalue weighted by molar-refractivity contribution is 5.74. The van der Waals surface area contributed by atoms with Gasteiger partial charge in [-0.1, -0.05) is 42.5 Å². The summed E-state index contributed by atoms with van der Waals surface area (Å²) in [6.07, 6.45) is 1.90. The van der Waals surface area contributed by atoms with Crippen LogP contribution < -0.4 is 0 Å². The first kappa shape index (κ1) is 15.1. The van der Waals surface area contributed by atoms with Crippen molar-refractivity contribution in [3.63, 3.8) is 0 Å². The number of nitrogens with zero attached hydrogens (tertiary/aromatic N) is 4. The van der Waals surface area contributed by atoms with Gasteiger partial charge in [0, 0.05) is 11.8 Å². The van der Waals surface area contributed by atoms with Crippen LogP contribution in [0.15, 0.2) is 83.2 Å². The average molecular weight is 328 g/mol. The number of rotatable bonds is 3. The second kappa shape index (κ2) is 6.20. The van der Waals surface area contributed by atoms with Gasteiger partial charge in [-0.05, 0) is 36.8 Å². The maximum atomic E-state index is 9.99. The second-order valence-corrected chi connectivity index (χ2v) is 5.77. The van der Waals surface area contributed by atoms with Gasteiger partial charge in [0.1, 0.15) is 22.8 Å². The molecule has 0 unspecified atom stereocenters. The number of phenols is 1. The molecule has 0 fully saturated rings. The van der Waals surface area contributed by atoms with Gasteiger partial charge in [-0.2, -0.15) is 0 Å². The fourth-order valence-electron chi connectivity index (χ4n) is 2.68. The number of imidazole rings is 1. The van der Waals surface area contributed by atoms with Gasteiger partial charge < -0.3 is 5.11 Å². The number of phenolic OH excluding ortho intramolecular Hbond substituents is 1. The van der Waals surface area contributed by atoms with Crippen molar-refractivity contribution in [2.45, 2.75) is 6.92 Å². The summed E-state index contributed by atoms with van der Waals surface area (Å²) in [4.78, 5) is 4.68. The fraction of sp³-hybridized carbons (Fsp3) is 0.0500. The van der Waals surface area contributed by atoms with Crippen molar-refractivity contribution in [3.05, 3.63) is 78.5 Å². The van der Waals surface area contributed by atoms with Crippen LogP contribution >= 0.6 is 0 Å². The first-order chi connectivity index (χ1) is 12.2. The number of hydrogen-bond acceptors (Lipinski definition) is 4. The lowest BCUT2D eigenvalue weighted by Crippen LogP contribution is -1.81. The highest BCUT2D eigenvalue weighted by atomic mass is 16.3. The number of aromatic nitrogens is 2. The molecule has 2 aromatic heterocycles. The quantitative estimate of drug-likeness (QED) is 0.510. The summed E-state index contributed by atoms with van der Waals surface area (Å²) in [7, 11) is 0. The summed E-state index contributed by atoms with van der Waals surface area (Å²) >= 11 is 0. The summed E-state index contributed by atoms with van der Waals surface area (Å²) in [6.45, 7) is 1.95. The van der Waals surface area contributed by atoms with Crippen molar-refractivity contribution >= 4 is 17.2 Å². The Kier molecular flexibility index (Phi) is 3.74. The van der Waals surface area contributed by atoms with Crippen LogP contribution in [0, 0.1) is 6.92 Å². The average Bonchev–Trinajstić information content (AvgIpc) is 3.02. The molecule has 5 nitrogen and oxygen atoms in total. The number of benzene rings is 2. The predicted molar refractivity (Wildman–Crippen MR) is 97.6 cm³/mol. The van der Waals surface area contributed by atoms with Crippen molar-refractivity contribution < 1.29 is 5.11 Å². The molecule has 4 aromatic rings. The second-order valence-electron chi connectivity index (χ2n) is 5.77. The Balaban J connectivity index is 1.88. The van der Waals surface area contributed by atoms with Crippen molar-refractivity contribution in [1.82, 2.24) is 9.38 Å². The Hall–Kier alpha value is -3.47. The van der Waals surface area contributed by atoms with Crippen molar-refractivity contribution in [3.8, 4) is 17.0 Å². The first-order valence-electron chi connectivity index (χ1n) is 7.96. The third-order valence-corrected chi connectivity index (χ3v) is 3.94. The standard InChI is InChI=1S/C20H16N4O/c1-14-10-11-17(25)16(13-14)22-23-20-19(15-7-3-2-4-8-15)21-18-9-5-6-12-24(18)20/h2-13,25H,1H3. The highest BCUT2D eigenvalue weighted by Gasteiger charge is 2.13. The minimum atomic E-state index is 0.101. The third kappa shape index (κ3) is 2.87. The van der Waals surface area contributed by atoms with E-state index in [0.29, 0.717) is 11.5 Å². The van der Waals surface area contributed by atoms with Crippen molar-refractivity contribution in [1.29, 1.82) is 0 Å². The van der Waals surface area contributed by atoms with E-state index in [2.05, 4.69) is 15.2 Å². The van der Waals surface area contributed by atoms with E-state index < -0.39 is 0 Å². The zero-order valence-electron chi connectivity index (χ0n) is 13.7. The van der Waals surface area contributed by atoms with Gasteiger partial charge in [-0.25, -0.2) is 4.98 Å². The molecule has 122 valence electrons. The molecule has 0 bridgehead atoms. The van der Waals surface area contributed by atoms with Crippen LogP contribution in [-0.2, 0) is 0 Å². The molecule has 2 heterocycles. The van der Waals surface area contributed by atoms with Crippen LogP contribution in [0.2, 0.25) is 0 Å². The molecule has 0 atom stereocenters. The minimum Gasteiger partial charge on any atom is -0.506 e. The molecule has 0 aliphatic carbocycles. The van der Waals surface area contributed by atoms with E-state index in [4.69, 9.17) is 0 Å². The van der Waals surface area contributed by atoms with E-state index in [1.807, 2.05) is 72.1 Å². The molecule has 25 heavy (non-hydrogen) atoms. The number of hydrogen-bond donors (Lipinski definition) is 1. The van der Waals surface area contributed by atoms with Gasteiger partial charge in [0.2, 0.25) is 0 Å². The van der Waals surface area contributed by atoms with Gasteiger partial charge >= 0.3 is 0 Å². The Morgan fingerprint density at radius 1 is 0.920 bits per heavy atom. The van der Waals surface area contributed by atoms with Crippen molar-refractivity contribution in [2.75, 3.05) is 0 Å². The van der Waals surface area contributed by atoms with Gasteiger partial charge in [-0.3, -0.25) is 4.40 Å². The van der Waals surface area contributed by atoms with Crippen LogP contribution in [0.3, 0.4) is 0 Å². The molecule has 0 saturated heterocycles. The molecule has 0 aliphatic heterocycles. The van der Waals surface area contributed by atoms with Gasteiger partial charge in [-0.15, -0.1) is 10.2 Å². The van der Waals surface area contributed by atoms with Crippen LogP contribution in [0.1, 0.15) is 5.56 Å². The van der Waals surface area contributed by atoms with E-state index in [-0.39, 0.29) is 5.75 Å². The number of pyridine rings is 1. The summed E-state index contributed by atoms with van der Waals surface area (Å²) in [5.41, 5.74) is 3.96. The van der Waals surface area contributed by atoms with Gasteiger partial charge in [0.15, 0.2) is 5.82 Å². The first-order valence-corrected chi connectivity index (χ1v) is 7.96. The minimum absolute atomic E-state index is 0.101. The van der Waals surface area contributed by atoms with Gasteiger partial charge in [0.25, 0.3) is 0 Å². The SMILES string of the molecule is Cc1ccc(O)c(N=Nc2c(-c3ccccc3)nc3ccccn23)c1. The lowest BCUT2D eigenvalue weighted by molar-refractivity contribution is 0.476. The van der Waals surface area contributed by atoms with Crippen LogP contribution in [0.25, 0.3) is 16.9 Å². The Morgan fingerprint density at radius 2 is 1.72 bits per heavy atom. The molecular formula is C20H16N4O. The number of fused-ring (bicyclic) bond motifs is 1. The molecule has 0 saturated carbocycles. The monoisotopic (exact) mass is 328 g/mol. The number of aromatic hydroxyl groups is 1. The maximum absolute atomic E-state index is 9.99. The van der Waals surface area contributed by atoms with E-state index in [0.717, 1.165) is 22.5 Å². The van der Waals surface area contributed by atoms with Gasteiger partial charge in [0.05, 0.1) is 0 Å². The maximum Gasteiger partial charge on any atom is 0.187 e. The third-order valence-electron chi connectivity index (χ3n) is 3.94. The number of aryl methyl sites for hydroxylation is 1. The summed E-state index contributed by atoms with van der Waals surface area (Å²) in [6, 6.07) is 20.9. The lowest BCUT2D eigenvalue weighted by atomic mass is 10.1. The molecule has 0 aliphatic rings. The molecule has 5 heteroatoms. The molecule has 0 spiro atoms. The Labute approximate surface area is 144 Å². The molecule has 1 N–H and O–H groups in total.